The Hall–Kier alpha value is -2.95. The highest BCUT2D eigenvalue weighted by atomic mass is 16.2. The third kappa shape index (κ3) is 4.17. The number of carbonyl (C=O) groups excluding carboxylic acids is 1. The van der Waals surface area contributed by atoms with Gasteiger partial charge in [-0.05, 0) is 30.2 Å². The van der Waals surface area contributed by atoms with Gasteiger partial charge in [0.25, 0.3) is 0 Å². The first kappa shape index (κ1) is 17.9. The van der Waals surface area contributed by atoms with Crippen molar-refractivity contribution in [3.8, 4) is 0 Å². The molecule has 3 rings (SSSR count). The number of carbonyl (C=O) groups is 1. The van der Waals surface area contributed by atoms with E-state index in [9.17, 15) is 9.59 Å². The number of hydrogen-bond acceptors (Lipinski definition) is 3. The summed E-state index contributed by atoms with van der Waals surface area (Å²) in [6.45, 7) is 2.30. The zero-order valence-corrected chi connectivity index (χ0v) is 14.9. The molecule has 0 fully saturated rings. The lowest BCUT2D eigenvalue weighted by Crippen LogP contribution is -2.32. The molecule has 5 nitrogen and oxygen atoms in total. The molecule has 1 aromatic carbocycles. The molecule has 2 aromatic heterocycles. The van der Waals surface area contributed by atoms with E-state index in [2.05, 4.69) is 17.2 Å². The van der Waals surface area contributed by atoms with Crippen LogP contribution in [0.2, 0.25) is 0 Å². The predicted octanol–water partition coefficient (Wildman–Crippen LogP) is 3.44. The summed E-state index contributed by atoms with van der Waals surface area (Å²) in [5.41, 5.74) is 1.74. The van der Waals surface area contributed by atoms with Gasteiger partial charge in [-0.25, -0.2) is 0 Å². The van der Waals surface area contributed by atoms with E-state index in [0.29, 0.717) is 5.39 Å². The number of rotatable bonds is 7. The fourth-order valence-corrected chi connectivity index (χ4v) is 3.11. The van der Waals surface area contributed by atoms with Crippen molar-refractivity contribution < 1.29 is 4.79 Å². The summed E-state index contributed by atoms with van der Waals surface area (Å²) in [6.07, 6.45) is 8.18. The molecule has 0 saturated carbocycles. The molecule has 1 N–H and O–H groups in total. The monoisotopic (exact) mass is 349 g/mol. The topological polar surface area (TPSA) is 64.0 Å². The molecule has 0 aliphatic rings. The Bertz CT molecular complexity index is 935. The molecule has 0 saturated heterocycles. The zero-order chi connectivity index (χ0) is 18.4. The fourth-order valence-electron chi connectivity index (χ4n) is 3.11. The Morgan fingerprint density at radius 2 is 2.04 bits per heavy atom. The third-order valence-electron chi connectivity index (χ3n) is 4.47. The number of unbranched alkanes of at least 4 members (excludes halogenated alkanes) is 1. The average molecular weight is 349 g/mol. The fraction of sp³-hybridized carbons (Fsp3) is 0.286. The zero-order valence-electron chi connectivity index (χ0n) is 14.9. The minimum atomic E-state index is -0.0799. The maximum Gasteiger partial charge on any atom is 0.240 e. The average Bonchev–Trinajstić information content (AvgIpc) is 2.68. The van der Waals surface area contributed by atoms with E-state index < -0.39 is 0 Å². The van der Waals surface area contributed by atoms with Gasteiger partial charge in [-0.2, -0.15) is 0 Å². The number of benzene rings is 1. The predicted molar refractivity (Wildman–Crippen MR) is 103 cm³/mol. The lowest BCUT2D eigenvalue weighted by Gasteiger charge is -2.19. The van der Waals surface area contributed by atoms with Crippen molar-refractivity contribution in [3.63, 3.8) is 0 Å². The third-order valence-corrected chi connectivity index (χ3v) is 4.47. The molecule has 0 aliphatic heterocycles. The van der Waals surface area contributed by atoms with Crippen LogP contribution in [0.3, 0.4) is 0 Å². The van der Waals surface area contributed by atoms with Crippen molar-refractivity contribution >= 4 is 16.8 Å². The van der Waals surface area contributed by atoms with Gasteiger partial charge in [-0.1, -0.05) is 38.0 Å². The standard InChI is InChI=1S/C21H23N3O2/c1-2-3-9-18(16-7-6-12-22-14-16)23-21(26)15-24-13-11-20(25)17-8-4-5-10-19(17)24/h4-8,10-14,18H,2-3,9,15H2,1H3,(H,23,26). The number of aromatic nitrogens is 2. The molecule has 134 valence electrons. The van der Waals surface area contributed by atoms with Crippen molar-refractivity contribution in [1.29, 1.82) is 0 Å². The van der Waals surface area contributed by atoms with E-state index in [1.807, 2.05) is 34.9 Å². The van der Waals surface area contributed by atoms with E-state index in [4.69, 9.17) is 0 Å². The Morgan fingerprint density at radius 3 is 2.81 bits per heavy atom. The largest absolute Gasteiger partial charge is 0.348 e. The normalized spacial score (nSPS) is 12.0. The minimum Gasteiger partial charge on any atom is -0.348 e. The highest BCUT2D eigenvalue weighted by Crippen LogP contribution is 2.18. The maximum atomic E-state index is 12.7. The van der Waals surface area contributed by atoms with E-state index >= 15 is 0 Å². The van der Waals surface area contributed by atoms with Crippen LogP contribution in [0.1, 0.15) is 37.8 Å². The summed E-state index contributed by atoms with van der Waals surface area (Å²) in [5.74, 6) is -0.0799. The summed E-state index contributed by atoms with van der Waals surface area (Å²) in [4.78, 5) is 28.8. The minimum absolute atomic E-state index is 0.0339. The number of nitrogens with one attached hydrogen (secondary N) is 1. The summed E-state index contributed by atoms with van der Waals surface area (Å²) < 4.78 is 1.81. The van der Waals surface area contributed by atoms with Crippen molar-refractivity contribution in [3.05, 3.63) is 76.8 Å². The molecule has 3 aromatic rings. The van der Waals surface area contributed by atoms with E-state index in [-0.39, 0.29) is 23.9 Å². The molecule has 2 heterocycles. The van der Waals surface area contributed by atoms with E-state index in [1.165, 1.54) is 6.07 Å². The number of fused-ring (bicyclic) bond motifs is 1. The van der Waals surface area contributed by atoms with E-state index in [0.717, 1.165) is 30.3 Å². The Morgan fingerprint density at radius 1 is 1.19 bits per heavy atom. The first-order valence-corrected chi connectivity index (χ1v) is 8.96. The number of pyridine rings is 2. The first-order valence-electron chi connectivity index (χ1n) is 8.96. The SMILES string of the molecule is CCCCC(NC(=O)Cn1ccc(=O)c2ccccc21)c1cccnc1. The van der Waals surface area contributed by atoms with Gasteiger partial charge in [-0.3, -0.25) is 14.6 Å². The Balaban J connectivity index is 1.79. The number of hydrogen-bond donors (Lipinski definition) is 1. The molecule has 1 amide bonds. The van der Waals surface area contributed by atoms with Crippen LogP contribution in [0, 0.1) is 0 Å². The maximum absolute atomic E-state index is 12.7. The second-order valence-electron chi connectivity index (χ2n) is 6.37. The molecule has 26 heavy (non-hydrogen) atoms. The smallest absolute Gasteiger partial charge is 0.240 e. The van der Waals surface area contributed by atoms with Crippen molar-refractivity contribution in [2.24, 2.45) is 0 Å². The van der Waals surface area contributed by atoms with Crippen LogP contribution in [-0.4, -0.2) is 15.5 Å². The van der Waals surface area contributed by atoms with Crippen LogP contribution in [0.15, 0.2) is 65.8 Å². The second-order valence-corrected chi connectivity index (χ2v) is 6.37. The first-order chi connectivity index (χ1) is 12.7. The molecule has 0 spiro atoms. The van der Waals surface area contributed by atoms with Gasteiger partial charge in [0.2, 0.25) is 5.91 Å². The quantitative estimate of drug-likeness (QED) is 0.711. The lowest BCUT2D eigenvalue weighted by molar-refractivity contribution is -0.122. The Kier molecular flexibility index (Phi) is 5.79. The van der Waals surface area contributed by atoms with Gasteiger partial charge in [-0.15, -0.1) is 0 Å². The van der Waals surface area contributed by atoms with Crippen LogP contribution in [-0.2, 0) is 11.3 Å². The second kappa shape index (κ2) is 8.43. The van der Waals surface area contributed by atoms with Crippen LogP contribution in [0.25, 0.3) is 10.9 Å². The molecule has 0 radical (unpaired) electrons. The molecule has 0 bridgehead atoms. The number of amides is 1. The van der Waals surface area contributed by atoms with Gasteiger partial charge in [0.05, 0.1) is 11.6 Å². The van der Waals surface area contributed by atoms with Crippen LogP contribution >= 0.6 is 0 Å². The Labute approximate surface area is 152 Å². The highest BCUT2D eigenvalue weighted by Gasteiger charge is 2.15. The molecule has 1 unspecified atom stereocenters. The van der Waals surface area contributed by atoms with Crippen molar-refractivity contribution in [1.82, 2.24) is 14.9 Å². The number of nitrogens with zero attached hydrogens (tertiary/aromatic N) is 2. The van der Waals surface area contributed by atoms with Gasteiger partial charge in [0.1, 0.15) is 6.54 Å². The van der Waals surface area contributed by atoms with Crippen LogP contribution in [0.4, 0.5) is 0 Å². The van der Waals surface area contributed by atoms with Gasteiger partial charge in [0, 0.05) is 30.0 Å². The summed E-state index contributed by atoms with van der Waals surface area (Å²) in [6, 6.07) is 12.7. The van der Waals surface area contributed by atoms with Crippen LogP contribution < -0.4 is 10.7 Å². The van der Waals surface area contributed by atoms with Gasteiger partial charge in [0.15, 0.2) is 5.43 Å². The molecule has 5 heteroatoms. The van der Waals surface area contributed by atoms with Gasteiger partial charge >= 0.3 is 0 Å². The van der Waals surface area contributed by atoms with Gasteiger partial charge < -0.3 is 9.88 Å². The summed E-state index contributed by atoms with van der Waals surface area (Å²) in [7, 11) is 0. The lowest BCUT2D eigenvalue weighted by atomic mass is 10.0. The molecule has 1 atom stereocenters. The highest BCUT2D eigenvalue weighted by molar-refractivity contribution is 5.82. The molecular formula is C21H23N3O2. The molecule has 0 aliphatic carbocycles. The van der Waals surface area contributed by atoms with Crippen molar-refractivity contribution in [2.45, 2.75) is 38.8 Å². The van der Waals surface area contributed by atoms with E-state index in [1.54, 1.807) is 24.7 Å². The number of para-hydroxylation sites is 1. The van der Waals surface area contributed by atoms with Crippen LogP contribution in [0.5, 0.6) is 0 Å². The van der Waals surface area contributed by atoms with Crippen molar-refractivity contribution in [2.75, 3.05) is 0 Å². The summed E-state index contributed by atoms with van der Waals surface area (Å²) >= 11 is 0. The molecular weight excluding hydrogens is 326 g/mol. The summed E-state index contributed by atoms with van der Waals surface area (Å²) in [5, 5.41) is 3.74.